The number of rotatable bonds is 9. The van der Waals surface area contributed by atoms with Crippen LogP contribution in [0.4, 0.5) is 0 Å². The fraction of sp³-hybridized carbons (Fsp3) is 0.429. The topological polar surface area (TPSA) is 90.9 Å². The van der Waals surface area contributed by atoms with Crippen molar-refractivity contribution >= 4 is 33.1 Å². The maximum absolute atomic E-state index is 13.0. The van der Waals surface area contributed by atoms with Crippen LogP contribution in [0.1, 0.15) is 42.7 Å². The molecule has 162 valence electrons. The van der Waals surface area contributed by atoms with Crippen LogP contribution in [-0.2, 0) is 14.8 Å². The summed E-state index contributed by atoms with van der Waals surface area (Å²) >= 11 is 1.65. The number of amidine groups is 1. The van der Waals surface area contributed by atoms with Crippen LogP contribution in [0.25, 0.3) is 0 Å². The van der Waals surface area contributed by atoms with Crippen molar-refractivity contribution in [3.63, 3.8) is 0 Å². The number of carbonyl (C=O) groups is 1. The van der Waals surface area contributed by atoms with Gasteiger partial charge in [-0.15, -0.1) is 11.3 Å². The Hall–Kier alpha value is -2.23. The molecule has 0 radical (unpaired) electrons. The maximum atomic E-state index is 13.0. The number of hydrogen-bond donors (Lipinski definition) is 2. The van der Waals surface area contributed by atoms with Crippen LogP contribution in [-0.4, -0.2) is 51.7 Å². The van der Waals surface area contributed by atoms with Crippen molar-refractivity contribution in [2.45, 2.75) is 43.2 Å². The van der Waals surface area contributed by atoms with Crippen molar-refractivity contribution in [1.29, 1.82) is 0 Å². The molecule has 1 aliphatic heterocycles. The van der Waals surface area contributed by atoms with Crippen LogP contribution in [0.3, 0.4) is 0 Å². The number of aliphatic imine (C=N–C) groups is 1. The summed E-state index contributed by atoms with van der Waals surface area (Å²) in [5, 5.41) is 5.04. The Bertz CT molecular complexity index is 1000. The summed E-state index contributed by atoms with van der Waals surface area (Å²) in [7, 11) is 0.332. The number of benzene rings is 1. The van der Waals surface area contributed by atoms with E-state index < -0.39 is 16.1 Å². The molecule has 0 saturated heterocycles. The van der Waals surface area contributed by atoms with Gasteiger partial charge in [-0.3, -0.25) is 14.5 Å². The molecule has 2 atom stereocenters. The van der Waals surface area contributed by atoms with Crippen molar-refractivity contribution in [2.24, 2.45) is 4.99 Å². The molecule has 0 bridgehead atoms. The normalized spacial score (nSPS) is 18.1. The van der Waals surface area contributed by atoms with Gasteiger partial charge in [-0.05, 0) is 44.1 Å². The Labute approximate surface area is 182 Å². The molecule has 2 unspecified atom stereocenters. The van der Waals surface area contributed by atoms with E-state index in [4.69, 9.17) is 0 Å². The first-order chi connectivity index (χ1) is 14.3. The van der Waals surface area contributed by atoms with E-state index in [2.05, 4.69) is 32.9 Å². The smallest absolute Gasteiger partial charge is 0.263 e. The van der Waals surface area contributed by atoms with Crippen LogP contribution in [0.2, 0.25) is 0 Å². The third kappa shape index (κ3) is 5.08. The van der Waals surface area contributed by atoms with Gasteiger partial charge in [-0.25, -0.2) is 8.42 Å². The van der Waals surface area contributed by atoms with E-state index in [0.29, 0.717) is 18.5 Å². The predicted octanol–water partition coefficient (Wildman–Crippen LogP) is 2.76. The number of unbranched alkanes of at least 4 members (excludes halogenated alkanes) is 1. The lowest BCUT2D eigenvalue weighted by Gasteiger charge is -2.24. The molecule has 1 amide bonds. The highest BCUT2D eigenvalue weighted by atomic mass is 32.2. The number of sulfonamides is 1. The summed E-state index contributed by atoms with van der Waals surface area (Å²) in [5.41, 5.74) is 0.511. The number of thiophene rings is 1. The first-order valence-electron chi connectivity index (χ1n) is 10.0. The lowest BCUT2D eigenvalue weighted by molar-refractivity contribution is -0.122. The average Bonchev–Trinajstić information content (AvgIpc) is 3.32. The van der Waals surface area contributed by atoms with E-state index in [9.17, 15) is 13.2 Å². The minimum Gasteiger partial charge on any atom is -0.352 e. The largest absolute Gasteiger partial charge is 0.352 e. The number of fused-ring (bicyclic) bond motifs is 1. The van der Waals surface area contributed by atoms with Gasteiger partial charge in [0.15, 0.2) is 0 Å². The van der Waals surface area contributed by atoms with Gasteiger partial charge in [0.05, 0.1) is 10.9 Å². The molecule has 1 aromatic heterocycles. The van der Waals surface area contributed by atoms with Crippen molar-refractivity contribution in [3.8, 4) is 0 Å². The van der Waals surface area contributed by atoms with E-state index in [1.165, 1.54) is 4.88 Å². The molecule has 2 N–H and O–H groups in total. The molecular weight excluding hydrogens is 420 g/mol. The lowest BCUT2D eigenvalue weighted by Crippen LogP contribution is -2.40. The van der Waals surface area contributed by atoms with Gasteiger partial charge in [0.1, 0.15) is 11.9 Å². The fourth-order valence-electron chi connectivity index (χ4n) is 3.37. The zero-order chi connectivity index (χ0) is 21.7. The molecule has 9 heteroatoms. The van der Waals surface area contributed by atoms with Gasteiger partial charge in [-0.1, -0.05) is 38.0 Å². The first kappa shape index (κ1) is 22.5. The second kappa shape index (κ2) is 9.72. The molecule has 0 saturated carbocycles. The van der Waals surface area contributed by atoms with Crippen molar-refractivity contribution in [1.82, 2.24) is 14.9 Å². The Morgan fingerprint density at radius 3 is 2.67 bits per heavy atom. The van der Waals surface area contributed by atoms with Crippen LogP contribution in [0, 0.1) is 0 Å². The number of likely N-dealkylation sites (N-methyl/N-ethyl adjacent to an activating group) is 1. The minimum atomic E-state index is -3.63. The number of amides is 1. The van der Waals surface area contributed by atoms with E-state index in [1.807, 2.05) is 25.5 Å². The summed E-state index contributed by atoms with van der Waals surface area (Å²) in [4.78, 5) is 21.0. The highest BCUT2D eigenvalue weighted by Crippen LogP contribution is 2.24. The molecule has 0 spiro atoms. The molecule has 0 aliphatic carbocycles. The van der Waals surface area contributed by atoms with Gasteiger partial charge in [-0.2, -0.15) is 0 Å². The van der Waals surface area contributed by atoms with Crippen LogP contribution >= 0.6 is 11.3 Å². The first-order valence-corrected chi connectivity index (χ1v) is 12.4. The molecule has 3 rings (SSSR count). The number of nitrogens with one attached hydrogen (secondary N) is 2. The van der Waals surface area contributed by atoms with Crippen LogP contribution in [0.5, 0.6) is 0 Å². The fourth-order valence-corrected chi connectivity index (χ4v) is 5.53. The van der Waals surface area contributed by atoms with Crippen LogP contribution < -0.4 is 10.0 Å². The standard InChI is InChI=1S/C21H28N4O3S2/c1-4-5-10-16(21(26)22-14-17(25(2)3)18-11-8-13-29-18)23-20-15-9-6-7-12-19(15)30(27,28)24-20/h6-9,11-13,16-17H,4-5,10,14H2,1-3H3,(H,22,26)(H,23,24). The molecule has 2 heterocycles. The second-order valence-corrected chi connectivity index (χ2v) is 10.1. The Morgan fingerprint density at radius 1 is 1.23 bits per heavy atom. The summed E-state index contributed by atoms with van der Waals surface area (Å²) in [6.07, 6.45) is 2.30. The van der Waals surface area contributed by atoms with E-state index in [-0.39, 0.29) is 22.7 Å². The molecule has 1 aliphatic rings. The maximum Gasteiger partial charge on any atom is 0.263 e. The summed E-state index contributed by atoms with van der Waals surface area (Å²) in [6, 6.07) is 10.2. The van der Waals surface area contributed by atoms with Crippen molar-refractivity contribution in [2.75, 3.05) is 20.6 Å². The van der Waals surface area contributed by atoms with E-state index in [1.54, 1.807) is 35.6 Å². The third-order valence-corrected chi connectivity index (χ3v) is 7.42. The molecule has 0 fully saturated rings. The quantitative estimate of drug-likeness (QED) is 0.617. The Kier molecular flexibility index (Phi) is 7.27. The molecule has 7 nitrogen and oxygen atoms in total. The molecular formula is C21H28N4O3S2. The highest BCUT2D eigenvalue weighted by molar-refractivity contribution is 7.90. The van der Waals surface area contributed by atoms with Gasteiger partial charge in [0.2, 0.25) is 5.91 Å². The molecule has 1 aromatic carbocycles. The average molecular weight is 449 g/mol. The minimum absolute atomic E-state index is 0.0686. The van der Waals surface area contributed by atoms with E-state index >= 15 is 0 Å². The second-order valence-electron chi connectivity index (χ2n) is 7.48. The Morgan fingerprint density at radius 2 is 2.00 bits per heavy atom. The van der Waals surface area contributed by atoms with E-state index in [0.717, 1.165) is 12.8 Å². The summed E-state index contributed by atoms with van der Waals surface area (Å²) in [6.45, 7) is 2.51. The van der Waals surface area contributed by atoms with Gasteiger partial charge in [0, 0.05) is 17.0 Å². The SMILES string of the molecule is CCCCC(N=C1NS(=O)(=O)c2ccccc21)C(=O)NCC(c1cccs1)N(C)C. The Balaban J connectivity index is 1.79. The zero-order valence-corrected chi connectivity index (χ0v) is 19.1. The van der Waals surface area contributed by atoms with Gasteiger partial charge < -0.3 is 10.2 Å². The van der Waals surface area contributed by atoms with Gasteiger partial charge in [0.25, 0.3) is 10.0 Å². The number of carbonyl (C=O) groups excluding carboxylic acids is 1. The molecule has 2 aromatic rings. The van der Waals surface area contributed by atoms with Gasteiger partial charge >= 0.3 is 0 Å². The van der Waals surface area contributed by atoms with Crippen molar-refractivity contribution in [3.05, 3.63) is 52.2 Å². The zero-order valence-electron chi connectivity index (χ0n) is 17.5. The lowest BCUT2D eigenvalue weighted by atomic mass is 10.1. The number of nitrogens with zero attached hydrogens (tertiary/aromatic N) is 2. The summed E-state index contributed by atoms with van der Waals surface area (Å²) in [5.74, 6) is 0.0483. The third-order valence-electron chi connectivity index (χ3n) is 5.05. The summed E-state index contributed by atoms with van der Waals surface area (Å²) < 4.78 is 27.2. The van der Waals surface area contributed by atoms with Crippen LogP contribution in [0.15, 0.2) is 51.7 Å². The predicted molar refractivity (Wildman–Crippen MR) is 120 cm³/mol. The number of hydrogen-bond acceptors (Lipinski definition) is 6. The monoisotopic (exact) mass is 448 g/mol. The van der Waals surface area contributed by atoms with Crippen molar-refractivity contribution < 1.29 is 13.2 Å². The highest BCUT2D eigenvalue weighted by Gasteiger charge is 2.32. The molecule has 30 heavy (non-hydrogen) atoms.